The molecule has 3 N–H and O–H groups in total. The van der Waals surface area contributed by atoms with Crippen LogP contribution in [-0.4, -0.2) is 38.5 Å². The van der Waals surface area contributed by atoms with Gasteiger partial charge in [-0.05, 0) is 62.6 Å². The zero-order chi connectivity index (χ0) is 18.1. The summed E-state index contributed by atoms with van der Waals surface area (Å²) in [7, 11) is -3.40. The van der Waals surface area contributed by atoms with E-state index in [1.54, 1.807) is 24.3 Å². The summed E-state index contributed by atoms with van der Waals surface area (Å²) >= 11 is 0. The van der Waals surface area contributed by atoms with Gasteiger partial charge < -0.3 is 10.6 Å². The predicted molar refractivity (Wildman–Crippen MR) is 99.2 cm³/mol. The minimum absolute atomic E-state index is 0.0865. The lowest BCUT2D eigenvalue weighted by molar-refractivity contribution is -0.122. The van der Waals surface area contributed by atoms with Crippen molar-refractivity contribution in [1.29, 1.82) is 0 Å². The van der Waals surface area contributed by atoms with Crippen LogP contribution in [0.5, 0.6) is 0 Å². The first-order chi connectivity index (χ1) is 12.5. The summed E-state index contributed by atoms with van der Waals surface area (Å²) in [5.41, 5.74) is 0.982. The van der Waals surface area contributed by atoms with E-state index in [-0.39, 0.29) is 11.9 Å². The Morgan fingerprint density at radius 2 is 1.65 bits per heavy atom. The SMILES string of the molecule is O=C(CCc1ccc(S(=O)(=O)NC2CC2)cc1)NC1CC2CCC(C1)N2. The fraction of sp³-hybridized carbons (Fsp3) is 0.632. The maximum atomic E-state index is 12.2. The van der Waals surface area contributed by atoms with Crippen LogP contribution in [0.15, 0.2) is 29.2 Å². The number of piperidine rings is 1. The fourth-order valence-electron chi connectivity index (χ4n) is 4.06. The van der Waals surface area contributed by atoms with Crippen molar-refractivity contribution in [2.75, 3.05) is 0 Å². The molecule has 1 aromatic carbocycles. The number of hydrogen-bond donors (Lipinski definition) is 3. The second kappa shape index (κ2) is 7.29. The molecule has 1 amide bonds. The van der Waals surface area contributed by atoms with Gasteiger partial charge in [-0.25, -0.2) is 13.1 Å². The lowest BCUT2D eigenvalue weighted by Crippen LogP contribution is -2.48. The van der Waals surface area contributed by atoms with E-state index in [4.69, 9.17) is 0 Å². The van der Waals surface area contributed by atoms with Gasteiger partial charge in [0.15, 0.2) is 0 Å². The van der Waals surface area contributed by atoms with Gasteiger partial charge >= 0.3 is 0 Å². The van der Waals surface area contributed by atoms with Gasteiger partial charge in [-0.3, -0.25) is 4.79 Å². The van der Waals surface area contributed by atoms with Crippen LogP contribution in [0, 0.1) is 0 Å². The summed E-state index contributed by atoms with van der Waals surface area (Å²) in [6, 6.07) is 8.40. The zero-order valence-electron chi connectivity index (χ0n) is 14.9. The first-order valence-electron chi connectivity index (χ1n) is 9.64. The second-order valence-corrected chi connectivity index (χ2v) is 9.63. The maximum absolute atomic E-state index is 12.2. The Labute approximate surface area is 155 Å². The van der Waals surface area contributed by atoms with E-state index in [1.807, 2.05) is 0 Å². The van der Waals surface area contributed by atoms with E-state index in [1.165, 1.54) is 12.8 Å². The molecule has 4 rings (SSSR count). The Kier molecular flexibility index (Phi) is 5.03. The number of nitrogens with one attached hydrogen (secondary N) is 3. The summed E-state index contributed by atoms with van der Waals surface area (Å²) in [4.78, 5) is 12.5. The normalized spacial score (nSPS) is 28.1. The van der Waals surface area contributed by atoms with Gasteiger partial charge in [0.05, 0.1) is 4.90 Å². The van der Waals surface area contributed by atoms with Crippen molar-refractivity contribution in [3.8, 4) is 0 Å². The number of carbonyl (C=O) groups excluding carboxylic acids is 1. The molecule has 3 fully saturated rings. The Hall–Kier alpha value is -1.44. The third-order valence-electron chi connectivity index (χ3n) is 5.61. The van der Waals surface area contributed by atoms with Crippen LogP contribution in [0.2, 0.25) is 0 Å². The highest BCUT2D eigenvalue weighted by molar-refractivity contribution is 7.89. The summed E-state index contributed by atoms with van der Waals surface area (Å²) in [6.07, 6.45) is 7.41. The van der Waals surface area contributed by atoms with Gasteiger partial charge in [0, 0.05) is 30.6 Å². The summed E-state index contributed by atoms with van der Waals surface area (Å²) in [5.74, 6) is 0.0865. The quantitative estimate of drug-likeness (QED) is 0.671. The predicted octanol–water partition coefficient (Wildman–Crippen LogP) is 1.46. The summed E-state index contributed by atoms with van der Waals surface area (Å²) in [6.45, 7) is 0. The van der Waals surface area contributed by atoms with Gasteiger partial charge in [-0.15, -0.1) is 0 Å². The highest BCUT2D eigenvalue weighted by Gasteiger charge is 2.33. The molecular weight excluding hydrogens is 350 g/mol. The third-order valence-corrected chi connectivity index (χ3v) is 7.15. The molecule has 7 heteroatoms. The molecule has 1 saturated carbocycles. The second-order valence-electron chi connectivity index (χ2n) is 7.91. The fourth-order valence-corrected chi connectivity index (χ4v) is 5.36. The summed E-state index contributed by atoms with van der Waals surface area (Å²) < 4.78 is 27.0. The largest absolute Gasteiger partial charge is 0.353 e. The van der Waals surface area contributed by atoms with E-state index in [9.17, 15) is 13.2 Å². The minimum atomic E-state index is -3.40. The molecule has 142 valence electrons. The van der Waals surface area contributed by atoms with Crippen LogP contribution in [0.3, 0.4) is 0 Å². The molecule has 0 aromatic heterocycles. The number of hydrogen-bond acceptors (Lipinski definition) is 4. The highest BCUT2D eigenvalue weighted by Crippen LogP contribution is 2.27. The molecule has 0 spiro atoms. The van der Waals surface area contributed by atoms with Crippen molar-refractivity contribution in [1.82, 2.24) is 15.4 Å². The Bertz CT molecular complexity index is 747. The van der Waals surface area contributed by atoms with Crippen molar-refractivity contribution in [2.45, 2.75) is 80.4 Å². The van der Waals surface area contributed by atoms with Crippen LogP contribution in [0.4, 0.5) is 0 Å². The van der Waals surface area contributed by atoms with Gasteiger partial charge in [-0.1, -0.05) is 12.1 Å². The van der Waals surface area contributed by atoms with Crippen molar-refractivity contribution >= 4 is 15.9 Å². The number of rotatable bonds is 7. The van der Waals surface area contributed by atoms with Crippen LogP contribution >= 0.6 is 0 Å². The molecule has 2 unspecified atom stereocenters. The Morgan fingerprint density at radius 3 is 2.27 bits per heavy atom. The van der Waals surface area contributed by atoms with Crippen LogP contribution in [0.25, 0.3) is 0 Å². The van der Waals surface area contributed by atoms with Crippen LogP contribution in [-0.2, 0) is 21.2 Å². The highest BCUT2D eigenvalue weighted by atomic mass is 32.2. The minimum Gasteiger partial charge on any atom is -0.353 e. The van der Waals surface area contributed by atoms with Crippen molar-refractivity contribution in [3.05, 3.63) is 29.8 Å². The maximum Gasteiger partial charge on any atom is 0.240 e. The molecule has 26 heavy (non-hydrogen) atoms. The smallest absolute Gasteiger partial charge is 0.240 e. The molecule has 6 nitrogen and oxygen atoms in total. The Balaban J connectivity index is 1.25. The van der Waals surface area contributed by atoms with Gasteiger partial charge in [0.1, 0.15) is 0 Å². The van der Waals surface area contributed by atoms with Gasteiger partial charge in [0.2, 0.25) is 15.9 Å². The molecule has 2 heterocycles. The van der Waals surface area contributed by atoms with Crippen molar-refractivity contribution in [2.24, 2.45) is 0 Å². The molecule has 2 aliphatic heterocycles. The standard InChI is InChI=1S/C19H27N3O3S/c23-19(21-17-11-15-6-7-16(12-17)20-15)10-3-13-1-8-18(9-2-13)26(24,25)22-14-4-5-14/h1-2,8-9,14-17,20,22H,3-7,10-12H2,(H,21,23). The first-order valence-corrected chi connectivity index (χ1v) is 11.1. The number of aryl methyl sites for hydroxylation is 1. The van der Waals surface area contributed by atoms with E-state index in [0.29, 0.717) is 35.9 Å². The summed E-state index contributed by atoms with van der Waals surface area (Å²) in [5, 5.41) is 6.75. The van der Waals surface area contributed by atoms with E-state index in [2.05, 4.69) is 15.4 Å². The average molecular weight is 378 g/mol. The number of carbonyl (C=O) groups is 1. The van der Waals surface area contributed by atoms with Crippen molar-refractivity contribution in [3.63, 3.8) is 0 Å². The third kappa shape index (κ3) is 4.45. The van der Waals surface area contributed by atoms with Gasteiger partial charge in [-0.2, -0.15) is 0 Å². The number of amides is 1. The lowest BCUT2D eigenvalue weighted by atomic mass is 9.99. The van der Waals surface area contributed by atoms with Crippen LogP contribution in [0.1, 0.15) is 50.5 Å². The monoisotopic (exact) mass is 377 g/mol. The van der Waals surface area contributed by atoms with E-state index in [0.717, 1.165) is 31.2 Å². The molecule has 2 bridgehead atoms. The topological polar surface area (TPSA) is 87.3 Å². The van der Waals surface area contributed by atoms with E-state index < -0.39 is 10.0 Å². The number of sulfonamides is 1. The zero-order valence-corrected chi connectivity index (χ0v) is 15.7. The molecule has 2 atom stereocenters. The molecular formula is C19H27N3O3S. The van der Waals surface area contributed by atoms with E-state index >= 15 is 0 Å². The van der Waals surface area contributed by atoms with Crippen molar-refractivity contribution < 1.29 is 13.2 Å². The lowest BCUT2D eigenvalue weighted by Gasteiger charge is -2.29. The molecule has 1 aromatic rings. The van der Waals surface area contributed by atoms with Crippen LogP contribution < -0.4 is 15.4 Å². The molecule has 2 saturated heterocycles. The number of fused-ring (bicyclic) bond motifs is 2. The molecule has 3 aliphatic rings. The van der Waals surface area contributed by atoms with Gasteiger partial charge in [0.25, 0.3) is 0 Å². The molecule has 1 aliphatic carbocycles. The number of benzene rings is 1. The average Bonchev–Trinajstić information content (AvgIpc) is 3.35. The molecule has 0 radical (unpaired) electrons. The first kappa shape index (κ1) is 17.9. The Morgan fingerprint density at radius 1 is 1.00 bits per heavy atom.